The first-order valence-electron chi connectivity index (χ1n) is 4.39. The summed E-state index contributed by atoms with van der Waals surface area (Å²) in [6.07, 6.45) is 0. The van der Waals surface area contributed by atoms with Crippen molar-refractivity contribution in [3.05, 3.63) is 0 Å². The molecule has 0 aliphatic carbocycles. The molecule has 0 aliphatic heterocycles. The third-order valence-electron chi connectivity index (χ3n) is 1.66. The summed E-state index contributed by atoms with van der Waals surface area (Å²) in [7, 11) is 1.35. The molecule has 0 saturated carbocycles. The molecular weight excluding hydrogens is 218 g/mol. The van der Waals surface area contributed by atoms with Crippen LogP contribution in [0.15, 0.2) is 5.16 Å². The lowest BCUT2D eigenvalue weighted by Gasteiger charge is -2.07. The lowest BCUT2D eigenvalue weighted by atomic mass is 10.5. The third-order valence-corrected chi connectivity index (χ3v) is 2.70. The van der Waals surface area contributed by atoms with Crippen LogP contribution in [0.2, 0.25) is 0 Å². The van der Waals surface area contributed by atoms with Crippen LogP contribution in [-0.2, 0) is 16.1 Å². The number of esters is 1. The Kier molecular flexibility index (Phi) is 4.50. The summed E-state index contributed by atoms with van der Waals surface area (Å²) < 4.78 is 6.16. The Bertz CT molecular complexity index is 329. The van der Waals surface area contributed by atoms with Crippen molar-refractivity contribution in [2.24, 2.45) is 5.73 Å². The first-order chi connectivity index (χ1) is 7.19. The van der Waals surface area contributed by atoms with Crippen molar-refractivity contribution in [3.63, 3.8) is 0 Å². The number of methoxy groups -OCH3 is 1. The van der Waals surface area contributed by atoms with Gasteiger partial charge in [0.1, 0.15) is 5.25 Å². The number of hydrogen-bond donors (Lipinski definition) is 1. The quantitative estimate of drug-likeness (QED) is 0.528. The van der Waals surface area contributed by atoms with Crippen molar-refractivity contribution in [1.82, 2.24) is 20.2 Å². The fourth-order valence-corrected chi connectivity index (χ4v) is 1.76. The number of tetrazole rings is 1. The molecule has 0 spiro atoms. The largest absolute Gasteiger partial charge is 0.468 e. The van der Waals surface area contributed by atoms with Gasteiger partial charge >= 0.3 is 5.97 Å². The van der Waals surface area contributed by atoms with E-state index in [0.717, 1.165) is 0 Å². The summed E-state index contributed by atoms with van der Waals surface area (Å²) in [6.45, 7) is 2.71. The minimum absolute atomic E-state index is 0.303. The van der Waals surface area contributed by atoms with E-state index in [-0.39, 0.29) is 11.2 Å². The van der Waals surface area contributed by atoms with E-state index >= 15 is 0 Å². The summed E-state index contributed by atoms with van der Waals surface area (Å²) >= 11 is 1.25. The number of carbonyl (C=O) groups is 1. The second kappa shape index (κ2) is 5.66. The zero-order chi connectivity index (χ0) is 11.3. The Hall–Kier alpha value is -1.15. The van der Waals surface area contributed by atoms with Crippen molar-refractivity contribution in [3.8, 4) is 0 Å². The normalized spacial score (nSPS) is 12.5. The van der Waals surface area contributed by atoms with Gasteiger partial charge in [-0.2, -0.15) is 0 Å². The van der Waals surface area contributed by atoms with E-state index in [0.29, 0.717) is 18.2 Å². The SMILES string of the molecule is COC(=O)C(C)Sc1nnnn1CCN. The van der Waals surface area contributed by atoms with Crippen molar-refractivity contribution < 1.29 is 9.53 Å². The Labute approximate surface area is 91.3 Å². The molecule has 1 aromatic heterocycles. The first-order valence-corrected chi connectivity index (χ1v) is 5.27. The maximum Gasteiger partial charge on any atom is 0.318 e. The van der Waals surface area contributed by atoms with Crippen molar-refractivity contribution in [1.29, 1.82) is 0 Å². The summed E-state index contributed by atoms with van der Waals surface area (Å²) in [6, 6.07) is 0. The molecule has 1 atom stereocenters. The maximum absolute atomic E-state index is 11.2. The molecule has 0 radical (unpaired) electrons. The molecule has 1 aromatic rings. The van der Waals surface area contributed by atoms with Gasteiger partial charge in [-0.1, -0.05) is 11.8 Å². The van der Waals surface area contributed by atoms with Crippen LogP contribution in [-0.4, -0.2) is 45.1 Å². The molecule has 0 aromatic carbocycles. The van der Waals surface area contributed by atoms with Gasteiger partial charge in [0.2, 0.25) is 5.16 Å². The van der Waals surface area contributed by atoms with E-state index in [1.807, 2.05) is 0 Å². The van der Waals surface area contributed by atoms with E-state index in [2.05, 4.69) is 20.3 Å². The molecule has 1 unspecified atom stereocenters. The van der Waals surface area contributed by atoms with Crippen LogP contribution in [0.25, 0.3) is 0 Å². The number of carbonyl (C=O) groups excluding carboxylic acids is 1. The molecule has 0 amide bonds. The highest BCUT2D eigenvalue weighted by molar-refractivity contribution is 8.00. The molecule has 1 heterocycles. The highest BCUT2D eigenvalue weighted by Gasteiger charge is 2.18. The second-order valence-corrected chi connectivity index (χ2v) is 4.06. The minimum Gasteiger partial charge on any atom is -0.468 e. The molecule has 84 valence electrons. The predicted molar refractivity (Wildman–Crippen MR) is 54.2 cm³/mol. The Morgan fingerprint density at radius 3 is 3.07 bits per heavy atom. The molecule has 2 N–H and O–H groups in total. The average molecular weight is 231 g/mol. The van der Waals surface area contributed by atoms with E-state index in [1.54, 1.807) is 11.6 Å². The standard InChI is InChI=1S/C7H13N5O2S/c1-5(6(13)14-2)15-7-9-10-11-12(7)4-3-8/h5H,3-4,8H2,1-2H3. The molecule has 8 heteroatoms. The van der Waals surface area contributed by atoms with E-state index in [4.69, 9.17) is 5.73 Å². The smallest absolute Gasteiger partial charge is 0.318 e. The van der Waals surface area contributed by atoms with Gasteiger partial charge in [0.15, 0.2) is 0 Å². The van der Waals surface area contributed by atoms with E-state index in [9.17, 15) is 4.79 Å². The van der Waals surface area contributed by atoms with Gasteiger partial charge in [0, 0.05) is 6.54 Å². The van der Waals surface area contributed by atoms with Gasteiger partial charge in [0.05, 0.1) is 13.7 Å². The second-order valence-electron chi connectivity index (χ2n) is 2.76. The topological polar surface area (TPSA) is 95.9 Å². The number of nitrogens with two attached hydrogens (primary N) is 1. The van der Waals surface area contributed by atoms with Crippen LogP contribution in [0.3, 0.4) is 0 Å². The average Bonchev–Trinajstić information content (AvgIpc) is 2.65. The fraction of sp³-hybridized carbons (Fsp3) is 0.714. The third kappa shape index (κ3) is 3.17. The number of rotatable bonds is 5. The molecule has 0 fully saturated rings. The first kappa shape index (κ1) is 11.9. The van der Waals surface area contributed by atoms with Crippen molar-refractivity contribution in [2.75, 3.05) is 13.7 Å². The zero-order valence-electron chi connectivity index (χ0n) is 8.58. The number of nitrogens with zero attached hydrogens (tertiary/aromatic N) is 4. The highest BCUT2D eigenvalue weighted by Crippen LogP contribution is 2.20. The zero-order valence-corrected chi connectivity index (χ0v) is 9.40. The van der Waals surface area contributed by atoms with Crippen LogP contribution >= 0.6 is 11.8 Å². The number of aromatic nitrogens is 4. The predicted octanol–water partition coefficient (Wildman–Crippen LogP) is -0.715. The van der Waals surface area contributed by atoms with Gasteiger partial charge < -0.3 is 10.5 Å². The van der Waals surface area contributed by atoms with Gasteiger partial charge in [0.25, 0.3) is 0 Å². The highest BCUT2D eigenvalue weighted by atomic mass is 32.2. The van der Waals surface area contributed by atoms with Gasteiger partial charge in [-0.25, -0.2) is 4.68 Å². The molecular formula is C7H13N5O2S. The Morgan fingerprint density at radius 2 is 2.47 bits per heavy atom. The lowest BCUT2D eigenvalue weighted by molar-refractivity contribution is -0.139. The van der Waals surface area contributed by atoms with Crippen molar-refractivity contribution in [2.45, 2.75) is 23.9 Å². The van der Waals surface area contributed by atoms with E-state index in [1.165, 1.54) is 18.9 Å². The molecule has 7 nitrogen and oxygen atoms in total. The summed E-state index contributed by atoms with van der Waals surface area (Å²) in [5.41, 5.74) is 5.39. The van der Waals surface area contributed by atoms with Crippen LogP contribution in [0.1, 0.15) is 6.92 Å². The van der Waals surface area contributed by atoms with Crippen LogP contribution < -0.4 is 5.73 Å². The van der Waals surface area contributed by atoms with Crippen LogP contribution in [0, 0.1) is 0 Å². The summed E-state index contributed by atoms with van der Waals surface area (Å²) in [5, 5.41) is 11.3. The summed E-state index contributed by atoms with van der Waals surface area (Å²) in [4.78, 5) is 11.2. The van der Waals surface area contributed by atoms with Gasteiger partial charge in [-0.3, -0.25) is 4.79 Å². The molecule has 0 bridgehead atoms. The maximum atomic E-state index is 11.2. The minimum atomic E-state index is -0.336. The molecule has 1 rings (SSSR count). The van der Waals surface area contributed by atoms with Crippen LogP contribution in [0.5, 0.6) is 0 Å². The Balaban J connectivity index is 2.63. The fourth-order valence-electron chi connectivity index (χ4n) is 0.916. The number of thioether (sulfide) groups is 1. The van der Waals surface area contributed by atoms with E-state index < -0.39 is 0 Å². The van der Waals surface area contributed by atoms with Gasteiger partial charge in [-0.05, 0) is 17.4 Å². The summed E-state index contributed by atoms with van der Waals surface area (Å²) in [5.74, 6) is -0.303. The van der Waals surface area contributed by atoms with Crippen LogP contribution in [0.4, 0.5) is 0 Å². The lowest BCUT2D eigenvalue weighted by Crippen LogP contribution is -2.17. The Morgan fingerprint density at radius 1 is 1.73 bits per heavy atom. The molecule has 0 aliphatic rings. The molecule has 0 saturated heterocycles. The number of hydrogen-bond acceptors (Lipinski definition) is 7. The number of ether oxygens (including phenoxy) is 1. The molecule has 15 heavy (non-hydrogen) atoms. The van der Waals surface area contributed by atoms with Gasteiger partial charge in [-0.15, -0.1) is 5.10 Å². The van der Waals surface area contributed by atoms with Crippen molar-refractivity contribution >= 4 is 17.7 Å². The monoisotopic (exact) mass is 231 g/mol.